The summed E-state index contributed by atoms with van der Waals surface area (Å²) in [6.45, 7) is 2.27. The molecule has 4 heteroatoms. The highest BCUT2D eigenvalue weighted by Crippen LogP contribution is 2.26. The Labute approximate surface area is 99.0 Å². The highest BCUT2D eigenvalue weighted by molar-refractivity contribution is 6.35. The smallest absolute Gasteiger partial charge is 0.0649 e. The van der Waals surface area contributed by atoms with Crippen molar-refractivity contribution >= 4 is 22.4 Å². The van der Waals surface area contributed by atoms with E-state index < -0.39 is 0 Å². The molecule has 0 amide bonds. The van der Waals surface area contributed by atoms with Crippen LogP contribution >= 0.6 is 11.6 Å². The molecule has 0 saturated carbocycles. The van der Waals surface area contributed by atoms with Crippen molar-refractivity contribution in [2.75, 3.05) is 0 Å². The first-order chi connectivity index (χ1) is 7.58. The molecular formula is C12H13ClN2O. The molecule has 0 aromatic heterocycles. The van der Waals surface area contributed by atoms with Crippen LogP contribution in [0.5, 0.6) is 0 Å². The molecule has 0 atom stereocenters. The molecule has 0 bridgehead atoms. The van der Waals surface area contributed by atoms with Crippen molar-refractivity contribution in [3.8, 4) is 0 Å². The van der Waals surface area contributed by atoms with Crippen LogP contribution in [0, 0.1) is 6.92 Å². The number of hydrogen-bond acceptors (Lipinski definition) is 3. The molecule has 0 heterocycles. The second-order valence-electron chi connectivity index (χ2n) is 3.84. The minimum absolute atomic E-state index is 0.300. The first-order valence-electron chi connectivity index (χ1n) is 4.97. The van der Waals surface area contributed by atoms with Gasteiger partial charge in [0.1, 0.15) is 0 Å². The highest BCUT2D eigenvalue weighted by Gasteiger charge is 2.05. The topological polar surface area (TPSA) is 49.5 Å². The number of hydrogen-bond donors (Lipinski definition) is 2. The van der Waals surface area contributed by atoms with Gasteiger partial charge in [-0.3, -0.25) is 5.21 Å². The lowest BCUT2D eigenvalue weighted by molar-refractivity contribution is -0.102. The number of hydroxylamine groups is 1. The predicted octanol–water partition coefficient (Wildman–Crippen LogP) is 2.87. The third-order valence-electron chi connectivity index (χ3n) is 2.62. The summed E-state index contributed by atoms with van der Waals surface area (Å²) in [6, 6.07) is 9.76. The van der Waals surface area contributed by atoms with E-state index in [0.29, 0.717) is 11.7 Å². The van der Waals surface area contributed by atoms with Crippen molar-refractivity contribution in [1.29, 1.82) is 0 Å². The average Bonchev–Trinajstić information content (AvgIpc) is 2.20. The van der Waals surface area contributed by atoms with Gasteiger partial charge in [0.05, 0.1) is 6.54 Å². The molecular weight excluding hydrogens is 224 g/mol. The molecule has 2 aromatic rings. The van der Waals surface area contributed by atoms with Crippen molar-refractivity contribution in [3.63, 3.8) is 0 Å². The van der Waals surface area contributed by atoms with Gasteiger partial charge < -0.3 is 0 Å². The molecule has 0 aliphatic heterocycles. The summed E-state index contributed by atoms with van der Waals surface area (Å²) in [5.74, 6) is 5.23. The maximum atomic E-state index is 9.04. The maximum absolute atomic E-state index is 9.04. The first kappa shape index (κ1) is 11.4. The third kappa shape index (κ3) is 2.18. The van der Waals surface area contributed by atoms with Gasteiger partial charge in [0.2, 0.25) is 0 Å². The van der Waals surface area contributed by atoms with Crippen LogP contribution in [0.15, 0.2) is 30.3 Å². The quantitative estimate of drug-likeness (QED) is 0.623. The summed E-state index contributed by atoms with van der Waals surface area (Å²) in [6.07, 6.45) is 0. The molecule has 0 spiro atoms. The molecule has 0 radical (unpaired) electrons. The van der Waals surface area contributed by atoms with Gasteiger partial charge in [0.15, 0.2) is 0 Å². The summed E-state index contributed by atoms with van der Waals surface area (Å²) >= 11 is 6.10. The normalized spacial score (nSPS) is 11.3. The van der Waals surface area contributed by atoms with Crippen molar-refractivity contribution in [2.45, 2.75) is 13.5 Å². The van der Waals surface area contributed by atoms with E-state index in [1.54, 1.807) is 0 Å². The fraction of sp³-hybridized carbons (Fsp3) is 0.167. The van der Waals surface area contributed by atoms with Gasteiger partial charge in [0.25, 0.3) is 0 Å². The molecule has 3 nitrogen and oxygen atoms in total. The Hall–Kier alpha value is -1.13. The molecule has 2 aromatic carbocycles. The van der Waals surface area contributed by atoms with Crippen LogP contribution in [-0.2, 0) is 6.54 Å². The molecule has 0 saturated heterocycles. The monoisotopic (exact) mass is 236 g/mol. The molecule has 84 valence electrons. The van der Waals surface area contributed by atoms with Gasteiger partial charge in [0, 0.05) is 10.4 Å². The largest absolute Gasteiger partial charge is 0.299 e. The highest BCUT2D eigenvalue weighted by atomic mass is 35.5. The van der Waals surface area contributed by atoms with Crippen molar-refractivity contribution in [2.24, 2.45) is 5.84 Å². The van der Waals surface area contributed by atoms with E-state index in [1.165, 1.54) is 0 Å². The van der Waals surface area contributed by atoms with Gasteiger partial charge in [-0.1, -0.05) is 23.7 Å². The van der Waals surface area contributed by atoms with Gasteiger partial charge in [-0.05, 0) is 41.6 Å². The SMILES string of the molecule is Cc1cc2c(Cl)cccc2cc1CN(N)O. The van der Waals surface area contributed by atoms with Gasteiger partial charge in [-0.15, -0.1) is 5.17 Å². The Morgan fingerprint density at radius 2 is 2.12 bits per heavy atom. The van der Waals surface area contributed by atoms with Crippen molar-refractivity contribution in [3.05, 3.63) is 46.5 Å². The van der Waals surface area contributed by atoms with Crippen LogP contribution in [0.4, 0.5) is 0 Å². The van der Waals surface area contributed by atoms with E-state index in [1.807, 2.05) is 37.3 Å². The maximum Gasteiger partial charge on any atom is 0.0649 e. The minimum Gasteiger partial charge on any atom is -0.299 e. The molecule has 0 aliphatic rings. The number of halogens is 1. The lowest BCUT2D eigenvalue weighted by Gasteiger charge is -2.12. The molecule has 0 unspecified atom stereocenters. The second-order valence-corrected chi connectivity index (χ2v) is 4.24. The number of aryl methyl sites for hydroxylation is 1. The number of nitrogens with zero attached hydrogens (tertiary/aromatic N) is 1. The fourth-order valence-electron chi connectivity index (χ4n) is 1.79. The standard InChI is InChI=1S/C12H13ClN2O/c1-8-5-11-9(3-2-4-12(11)13)6-10(8)7-15(14)16/h2-6,16H,7,14H2,1H3. The van der Waals surface area contributed by atoms with Crippen LogP contribution in [0.25, 0.3) is 10.8 Å². The van der Waals surface area contributed by atoms with Crippen LogP contribution in [0.1, 0.15) is 11.1 Å². The Balaban J connectivity index is 2.58. The summed E-state index contributed by atoms with van der Waals surface area (Å²) < 4.78 is 0. The fourth-order valence-corrected chi connectivity index (χ4v) is 2.02. The van der Waals surface area contributed by atoms with E-state index in [9.17, 15) is 0 Å². The third-order valence-corrected chi connectivity index (χ3v) is 2.95. The number of nitrogens with two attached hydrogens (primary N) is 1. The summed E-state index contributed by atoms with van der Waals surface area (Å²) in [5.41, 5.74) is 2.05. The number of rotatable bonds is 2. The Morgan fingerprint density at radius 1 is 1.38 bits per heavy atom. The van der Waals surface area contributed by atoms with E-state index in [4.69, 9.17) is 22.7 Å². The first-order valence-corrected chi connectivity index (χ1v) is 5.34. The molecule has 3 N–H and O–H groups in total. The summed E-state index contributed by atoms with van der Waals surface area (Å²) in [5, 5.41) is 12.5. The van der Waals surface area contributed by atoms with Crippen LogP contribution < -0.4 is 5.84 Å². The predicted molar refractivity (Wildman–Crippen MR) is 65.2 cm³/mol. The number of benzene rings is 2. The van der Waals surface area contributed by atoms with E-state index in [0.717, 1.165) is 26.9 Å². The summed E-state index contributed by atoms with van der Waals surface area (Å²) in [4.78, 5) is 0. The van der Waals surface area contributed by atoms with Crippen molar-refractivity contribution < 1.29 is 5.21 Å². The van der Waals surface area contributed by atoms with Crippen LogP contribution in [0.2, 0.25) is 5.02 Å². The minimum atomic E-state index is 0.300. The van der Waals surface area contributed by atoms with Gasteiger partial charge in [-0.25, -0.2) is 5.84 Å². The van der Waals surface area contributed by atoms with E-state index in [-0.39, 0.29) is 0 Å². The zero-order chi connectivity index (χ0) is 11.7. The lowest BCUT2D eigenvalue weighted by Crippen LogP contribution is -2.26. The molecule has 0 aliphatic carbocycles. The lowest BCUT2D eigenvalue weighted by atomic mass is 10.0. The van der Waals surface area contributed by atoms with Gasteiger partial charge >= 0.3 is 0 Å². The summed E-state index contributed by atoms with van der Waals surface area (Å²) in [7, 11) is 0. The van der Waals surface area contributed by atoms with Crippen LogP contribution in [0.3, 0.4) is 0 Å². The van der Waals surface area contributed by atoms with E-state index in [2.05, 4.69) is 0 Å². The molecule has 2 rings (SSSR count). The number of fused-ring (bicyclic) bond motifs is 1. The van der Waals surface area contributed by atoms with Crippen LogP contribution in [-0.4, -0.2) is 10.4 Å². The Morgan fingerprint density at radius 3 is 2.81 bits per heavy atom. The Kier molecular flexibility index (Phi) is 3.12. The molecule has 16 heavy (non-hydrogen) atoms. The Bertz CT molecular complexity index is 526. The van der Waals surface area contributed by atoms with Gasteiger partial charge in [-0.2, -0.15) is 0 Å². The average molecular weight is 237 g/mol. The number of hydrazine groups is 1. The zero-order valence-corrected chi connectivity index (χ0v) is 9.70. The molecule has 0 fully saturated rings. The van der Waals surface area contributed by atoms with E-state index >= 15 is 0 Å². The second kappa shape index (κ2) is 4.39. The zero-order valence-electron chi connectivity index (χ0n) is 8.94. The van der Waals surface area contributed by atoms with Crippen molar-refractivity contribution in [1.82, 2.24) is 5.17 Å².